The maximum atomic E-state index is 4.48. The predicted molar refractivity (Wildman–Crippen MR) is 84.7 cm³/mol. The molecule has 1 aromatic heterocycles. The normalized spacial score (nSPS) is 22.0. The highest BCUT2D eigenvalue weighted by atomic mass is 15.6. The van der Waals surface area contributed by atoms with E-state index >= 15 is 0 Å². The standard InChI is InChI=1S/C17H23N5/c1-3-9-15(10-4-1)22-16(18-19-20-22)17(11-5-6-12-17)21-13-7-2-8-14-21/h1,3-4,9-10H,2,5-8,11-14H2. The Kier molecular flexibility index (Phi) is 3.66. The van der Waals surface area contributed by atoms with Crippen molar-refractivity contribution in [2.45, 2.75) is 50.5 Å². The summed E-state index contributed by atoms with van der Waals surface area (Å²) in [5.74, 6) is 1.04. The number of hydrogen-bond acceptors (Lipinski definition) is 4. The molecule has 116 valence electrons. The van der Waals surface area contributed by atoms with E-state index in [9.17, 15) is 0 Å². The van der Waals surface area contributed by atoms with E-state index in [4.69, 9.17) is 0 Å². The van der Waals surface area contributed by atoms with Gasteiger partial charge in [-0.3, -0.25) is 4.90 Å². The van der Waals surface area contributed by atoms with Gasteiger partial charge in [0.25, 0.3) is 0 Å². The molecule has 0 amide bonds. The Morgan fingerprint density at radius 1 is 0.864 bits per heavy atom. The van der Waals surface area contributed by atoms with Gasteiger partial charge in [-0.25, -0.2) is 0 Å². The van der Waals surface area contributed by atoms with E-state index in [2.05, 4.69) is 32.6 Å². The summed E-state index contributed by atoms with van der Waals surface area (Å²) < 4.78 is 1.96. The minimum atomic E-state index is 0.0414. The molecule has 22 heavy (non-hydrogen) atoms. The average Bonchev–Trinajstić information content (AvgIpc) is 3.26. The minimum absolute atomic E-state index is 0.0414. The predicted octanol–water partition coefficient (Wildman–Crippen LogP) is 2.92. The smallest absolute Gasteiger partial charge is 0.176 e. The Morgan fingerprint density at radius 3 is 2.32 bits per heavy atom. The van der Waals surface area contributed by atoms with Crippen LogP contribution in [0.2, 0.25) is 0 Å². The molecule has 1 saturated heterocycles. The Morgan fingerprint density at radius 2 is 1.59 bits per heavy atom. The lowest BCUT2D eigenvalue weighted by Gasteiger charge is -2.42. The number of piperidine rings is 1. The lowest BCUT2D eigenvalue weighted by molar-refractivity contribution is 0.0589. The molecule has 5 heteroatoms. The molecule has 0 unspecified atom stereocenters. The Balaban J connectivity index is 1.77. The van der Waals surface area contributed by atoms with Gasteiger partial charge in [0.1, 0.15) is 0 Å². The number of benzene rings is 1. The second-order valence-corrected chi connectivity index (χ2v) is 6.54. The first kappa shape index (κ1) is 13.9. The van der Waals surface area contributed by atoms with Crippen molar-refractivity contribution in [3.05, 3.63) is 36.2 Å². The van der Waals surface area contributed by atoms with Crippen LogP contribution in [0.3, 0.4) is 0 Å². The molecule has 5 nitrogen and oxygen atoms in total. The Labute approximate surface area is 131 Å². The van der Waals surface area contributed by atoms with E-state index in [0.29, 0.717) is 0 Å². The molecular formula is C17H23N5. The van der Waals surface area contributed by atoms with Crippen LogP contribution in [0, 0.1) is 0 Å². The molecule has 0 radical (unpaired) electrons. The van der Waals surface area contributed by atoms with Crippen LogP contribution in [0.1, 0.15) is 50.8 Å². The molecule has 0 bridgehead atoms. The molecule has 2 aromatic rings. The third-order valence-electron chi connectivity index (χ3n) is 5.28. The first-order valence-electron chi connectivity index (χ1n) is 8.49. The number of likely N-dealkylation sites (tertiary alicyclic amines) is 1. The molecule has 0 N–H and O–H groups in total. The van der Waals surface area contributed by atoms with Gasteiger partial charge < -0.3 is 0 Å². The second-order valence-electron chi connectivity index (χ2n) is 6.54. The van der Waals surface area contributed by atoms with Gasteiger partial charge in [-0.15, -0.1) is 5.10 Å². The lowest BCUT2D eigenvalue weighted by atomic mass is 9.91. The molecule has 1 aliphatic heterocycles. The van der Waals surface area contributed by atoms with Gasteiger partial charge in [0, 0.05) is 0 Å². The monoisotopic (exact) mass is 297 g/mol. The molecule has 1 aliphatic carbocycles. The van der Waals surface area contributed by atoms with Crippen molar-refractivity contribution >= 4 is 0 Å². The van der Waals surface area contributed by atoms with Crippen LogP contribution in [-0.4, -0.2) is 38.2 Å². The molecular weight excluding hydrogens is 274 g/mol. The van der Waals surface area contributed by atoms with Gasteiger partial charge in [0.2, 0.25) is 0 Å². The average molecular weight is 297 g/mol. The van der Waals surface area contributed by atoms with E-state index < -0.39 is 0 Å². The first-order valence-corrected chi connectivity index (χ1v) is 8.49. The van der Waals surface area contributed by atoms with Crippen molar-refractivity contribution in [2.75, 3.05) is 13.1 Å². The van der Waals surface area contributed by atoms with E-state index in [-0.39, 0.29) is 5.54 Å². The molecule has 0 spiro atoms. The van der Waals surface area contributed by atoms with Crippen LogP contribution < -0.4 is 0 Å². The highest BCUT2D eigenvalue weighted by Gasteiger charge is 2.45. The van der Waals surface area contributed by atoms with Crippen molar-refractivity contribution < 1.29 is 0 Å². The zero-order valence-electron chi connectivity index (χ0n) is 13.0. The van der Waals surface area contributed by atoms with E-state index in [1.165, 1.54) is 58.0 Å². The van der Waals surface area contributed by atoms with Crippen molar-refractivity contribution in [3.8, 4) is 5.69 Å². The molecule has 4 rings (SSSR count). The lowest BCUT2D eigenvalue weighted by Crippen LogP contribution is -2.48. The maximum absolute atomic E-state index is 4.48. The van der Waals surface area contributed by atoms with Crippen molar-refractivity contribution in [2.24, 2.45) is 0 Å². The number of rotatable bonds is 3. The van der Waals surface area contributed by atoms with Gasteiger partial charge in [-0.2, -0.15) is 4.68 Å². The van der Waals surface area contributed by atoms with Crippen LogP contribution in [0.25, 0.3) is 5.69 Å². The van der Waals surface area contributed by atoms with Crippen LogP contribution in [0.5, 0.6) is 0 Å². The van der Waals surface area contributed by atoms with Gasteiger partial charge in [-0.1, -0.05) is 37.5 Å². The van der Waals surface area contributed by atoms with Gasteiger partial charge in [0.05, 0.1) is 11.2 Å². The van der Waals surface area contributed by atoms with Crippen molar-refractivity contribution in [1.29, 1.82) is 0 Å². The maximum Gasteiger partial charge on any atom is 0.176 e. The fourth-order valence-corrected chi connectivity index (χ4v) is 4.18. The highest BCUT2D eigenvalue weighted by molar-refractivity contribution is 5.32. The molecule has 2 heterocycles. The van der Waals surface area contributed by atoms with E-state index in [0.717, 1.165) is 11.5 Å². The fraction of sp³-hybridized carbons (Fsp3) is 0.588. The fourth-order valence-electron chi connectivity index (χ4n) is 4.18. The number of aromatic nitrogens is 4. The molecule has 1 aromatic carbocycles. The minimum Gasteiger partial charge on any atom is -0.291 e. The number of hydrogen-bond donors (Lipinski definition) is 0. The van der Waals surface area contributed by atoms with Crippen LogP contribution in [-0.2, 0) is 5.54 Å². The Hall–Kier alpha value is -1.75. The summed E-state index contributed by atoms with van der Waals surface area (Å²) in [6.45, 7) is 2.36. The van der Waals surface area contributed by atoms with Crippen LogP contribution in [0.15, 0.2) is 30.3 Å². The largest absolute Gasteiger partial charge is 0.291 e. The summed E-state index contributed by atoms with van der Waals surface area (Å²) in [6.07, 6.45) is 8.87. The van der Waals surface area contributed by atoms with Gasteiger partial charge in [0.15, 0.2) is 5.82 Å². The van der Waals surface area contributed by atoms with Crippen molar-refractivity contribution in [3.63, 3.8) is 0 Å². The van der Waals surface area contributed by atoms with Crippen molar-refractivity contribution in [1.82, 2.24) is 25.1 Å². The molecule has 1 saturated carbocycles. The third-order valence-corrected chi connectivity index (χ3v) is 5.28. The molecule has 2 aliphatic rings. The van der Waals surface area contributed by atoms with Crippen LogP contribution >= 0.6 is 0 Å². The van der Waals surface area contributed by atoms with Crippen LogP contribution in [0.4, 0.5) is 0 Å². The number of tetrazole rings is 1. The zero-order valence-corrected chi connectivity index (χ0v) is 13.0. The quantitative estimate of drug-likeness (QED) is 0.874. The summed E-state index contributed by atoms with van der Waals surface area (Å²) in [6, 6.07) is 10.3. The van der Waals surface area contributed by atoms with Gasteiger partial charge in [-0.05, 0) is 61.3 Å². The summed E-state index contributed by atoms with van der Waals surface area (Å²) in [5, 5.41) is 12.8. The van der Waals surface area contributed by atoms with E-state index in [1.807, 2.05) is 22.9 Å². The first-order chi connectivity index (χ1) is 10.9. The second kappa shape index (κ2) is 5.80. The molecule has 0 atom stereocenters. The zero-order chi connectivity index (χ0) is 14.8. The highest BCUT2D eigenvalue weighted by Crippen LogP contribution is 2.44. The topological polar surface area (TPSA) is 46.8 Å². The summed E-state index contributed by atoms with van der Waals surface area (Å²) in [4.78, 5) is 2.66. The number of para-hydroxylation sites is 1. The van der Waals surface area contributed by atoms with Gasteiger partial charge >= 0.3 is 0 Å². The third kappa shape index (κ3) is 2.24. The van der Waals surface area contributed by atoms with E-state index in [1.54, 1.807) is 0 Å². The SMILES string of the molecule is c1ccc(-n2nnnc2C2(N3CCCCC3)CCCC2)cc1. The Bertz CT molecular complexity index is 609. The number of nitrogens with zero attached hydrogens (tertiary/aromatic N) is 5. The molecule has 2 fully saturated rings. The summed E-state index contributed by atoms with van der Waals surface area (Å²) >= 11 is 0. The summed E-state index contributed by atoms with van der Waals surface area (Å²) in [7, 11) is 0. The summed E-state index contributed by atoms with van der Waals surface area (Å²) in [5.41, 5.74) is 1.10.